The number of benzene rings is 1. The lowest BCUT2D eigenvalue weighted by molar-refractivity contribution is 0.0336. The van der Waals surface area contributed by atoms with Crippen LogP contribution in [0.5, 0.6) is 11.5 Å². The highest BCUT2D eigenvalue weighted by Crippen LogP contribution is 2.32. The number of likely N-dealkylation sites (N-methyl/N-ethyl adjacent to an activating group) is 1. The molecule has 0 fully saturated rings. The van der Waals surface area contributed by atoms with Crippen LogP contribution in [0, 0.1) is 0 Å². The Kier molecular flexibility index (Phi) is 4.29. The highest BCUT2D eigenvalue weighted by atomic mass is 16.7. The third kappa shape index (κ3) is 4.09. The normalized spacial score (nSPS) is 16.7. The average molecular weight is 266 g/mol. The number of hydrogen-bond donors (Lipinski definition) is 2. The maximum Gasteiger partial charge on any atom is 0.231 e. The number of aliphatic hydroxyl groups is 1. The van der Waals surface area contributed by atoms with E-state index in [-0.39, 0.29) is 0 Å². The molecule has 0 aliphatic carbocycles. The van der Waals surface area contributed by atoms with Crippen LogP contribution < -0.4 is 14.8 Å². The van der Waals surface area contributed by atoms with Gasteiger partial charge in [-0.25, -0.2) is 0 Å². The maximum absolute atomic E-state index is 10.2. The number of rotatable bonds is 6. The van der Waals surface area contributed by atoms with Gasteiger partial charge >= 0.3 is 0 Å². The molecule has 1 atom stereocenters. The van der Waals surface area contributed by atoms with Gasteiger partial charge in [0, 0.05) is 19.6 Å². The molecule has 0 saturated heterocycles. The summed E-state index contributed by atoms with van der Waals surface area (Å²) in [7, 11) is 3.90. The van der Waals surface area contributed by atoms with E-state index in [1.54, 1.807) is 0 Å². The lowest BCUT2D eigenvalue weighted by Gasteiger charge is -2.27. The molecule has 0 radical (unpaired) electrons. The molecule has 1 aromatic carbocycles. The number of nitrogens with zero attached hydrogens (tertiary/aromatic N) is 1. The first-order chi connectivity index (χ1) is 8.96. The van der Waals surface area contributed by atoms with Gasteiger partial charge in [0.05, 0.1) is 5.60 Å². The summed E-state index contributed by atoms with van der Waals surface area (Å²) in [5.41, 5.74) is 0.379. The smallest absolute Gasteiger partial charge is 0.231 e. The summed E-state index contributed by atoms with van der Waals surface area (Å²) >= 11 is 0. The second-order valence-corrected chi connectivity index (χ2v) is 5.53. The molecule has 0 bridgehead atoms. The van der Waals surface area contributed by atoms with Crippen LogP contribution in [0.25, 0.3) is 0 Å². The summed E-state index contributed by atoms with van der Waals surface area (Å²) in [5.74, 6) is 1.59. The van der Waals surface area contributed by atoms with Crippen molar-refractivity contribution in [3.8, 4) is 11.5 Å². The quantitative estimate of drug-likeness (QED) is 0.798. The Morgan fingerprint density at radius 1 is 1.32 bits per heavy atom. The molecule has 0 amide bonds. The second-order valence-electron chi connectivity index (χ2n) is 5.53. The van der Waals surface area contributed by atoms with Gasteiger partial charge in [-0.3, -0.25) is 0 Å². The summed E-state index contributed by atoms with van der Waals surface area (Å²) in [6.45, 7) is 3.99. The number of nitrogens with one attached hydrogen (secondary N) is 1. The van der Waals surface area contributed by atoms with Crippen LogP contribution >= 0.6 is 0 Å². The summed E-state index contributed by atoms with van der Waals surface area (Å²) in [4.78, 5) is 1.97. The Bertz CT molecular complexity index is 433. The zero-order valence-electron chi connectivity index (χ0n) is 11.8. The van der Waals surface area contributed by atoms with E-state index in [1.807, 2.05) is 44.1 Å². The third-order valence-electron chi connectivity index (χ3n) is 2.93. The predicted molar refractivity (Wildman–Crippen MR) is 73.4 cm³/mol. The van der Waals surface area contributed by atoms with E-state index in [4.69, 9.17) is 9.47 Å². The van der Waals surface area contributed by atoms with E-state index < -0.39 is 5.60 Å². The van der Waals surface area contributed by atoms with Crippen molar-refractivity contribution in [3.05, 3.63) is 23.8 Å². The molecule has 2 N–H and O–H groups in total. The van der Waals surface area contributed by atoms with Gasteiger partial charge in [0.1, 0.15) is 0 Å². The molecule has 106 valence electrons. The standard InChI is InChI=1S/C14H22N2O3/c1-14(17,9-16(2)3)8-15-7-11-4-5-12-13(6-11)19-10-18-12/h4-6,15,17H,7-10H2,1-3H3. The van der Waals surface area contributed by atoms with Crippen molar-refractivity contribution in [1.82, 2.24) is 10.2 Å². The van der Waals surface area contributed by atoms with Crippen molar-refractivity contribution in [1.29, 1.82) is 0 Å². The molecule has 1 aliphatic heterocycles. The minimum atomic E-state index is -0.736. The maximum atomic E-state index is 10.2. The van der Waals surface area contributed by atoms with Crippen molar-refractivity contribution in [2.24, 2.45) is 0 Å². The van der Waals surface area contributed by atoms with E-state index in [0.29, 0.717) is 26.4 Å². The van der Waals surface area contributed by atoms with Gasteiger partial charge in [0.25, 0.3) is 0 Å². The fourth-order valence-electron chi connectivity index (χ4n) is 2.26. The van der Waals surface area contributed by atoms with Crippen LogP contribution in [0.1, 0.15) is 12.5 Å². The highest BCUT2D eigenvalue weighted by molar-refractivity contribution is 5.44. The van der Waals surface area contributed by atoms with E-state index >= 15 is 0 Å². The zero-order chi connectivity index (χ0) is 13.9. The first kappa shape index (κ1) is 14.1. The molecule has 0 saturated carbocycles. The van der Waals surface area contributed by atoms with Crippen LogP contribution in [-0.2, 0) is 6.54 Å². The van der Waals surface area contributed by atoms with Crippen molar-refractivity contribution >= 4 is 0 Å². The zero-order valence-corrected chi connectivity index (χ0v) is 11.8. The Morgan fingerprint density at radius 3 is 2.79 bits per heavy atom. The van der Waals surface area contributed by atoms with Crippen molar-refractivity contribution in [3.63, 3.8) is 0 Å². The lowest BCUT2D eigenvalue weighted by atomic mass is 10.1. The van der Waals surface area contributed by atoms with Gasteiger partial charge in [0.2, 0.25) is 6.79 Å². The first-order valence-corrected chi connectivity index (χ1v) is 6.43. The van der Waals surface area contributed by atoms with Gasteiger partial charge in [-0.1, -0.05) is 6.07 Å². The third-order valence-corrected chi connectivity index (χ3v) is 2.93. The number of hydrogen-bond acceptors (Lipinski definition) is 5. The van der Waals surface area contributed by atoms with Gasteiger partial charge in [0.15, 0.2) is 11.5 Å². The van der Waals surface area contributed by atoms with Gasteiger partial charge < -0.3 is 24.8 Å². The summed E-state index contributed by atoms with van der Waals surface area (Å²) in [5, 5.41) is 13.4. The molecule has 0 spiro atoms. The minimum absolute atomic E-state index is 0.295. The monoisotopic (exact) mass is 266 g/mol. The molecule has 1 aromatic rings. The Balaban J connectivity index is 1.83. The summed E-state index contributed by atoms with van der Waals surface area (Å²) < 4.78 is 10.6. The van der Waals surface area contributed by atoms with Crippen LogP contribution in [0.4, 0.5) is 0 Å². The summed E-state index contributed by atoms with van der Waals surface area (Å²) in [6.07, 6.45) is 0. The van der Waals surface area contributed by atoms with Gasteiger partial charge in [-0.15, -0.1) is 0 Å². The molecule has 1 heterocycles. The number of ether oxygens (including phenoxy) is 2. The largest absolute Gasteiger partial charge is 0.454 e. The predicted octanol–water partition coefficient (Wildman–Crippen LogP) is 0.817. The van der Waals surface area contributed by atoms with E-state index in [9.17, 15) is 5.11 Å². The molecule has 0 aromatic heterocycles. The molecule has 5 heteroatoms. The van der Waals surface area contributed by atoms with Crippen molar-refractivity contribution in [2.75, 3.05) is 34.0 Å². The molecular formula is C14H22N2O3. The van der Waals surface area contributed by atoms with Gasteiger partial charge in [-0.05, 0) is 38.7 Å². The number of fused-ring (bicyclic) bond motifs is 1. The Labute approximate surface area is 114 Å². The van der Waals surface area contributed by atoms with Crippen molar-refractivity contribution in [2.45, 2.75) is 19.1 Å². The SMILES string of the molecule is CN(C)CC(C)(O)CNCc1ccc2c(c1)OCO2. The fourth-order valence-corrected chi connectivity index (χ4v) is 2.26. The molecule has 1 aliphatic rings. The second kappa shape index (κ2) is 5.77. The molecular weight excluding hydrogens is 244 g/mol. The van der Waals surface area contributed by atoms with E-state index in [0.717, 1.165) is 17.1 Å². The lowest BCUT2D eigenvalue weighted by Crippen LogP contribution is -2.45. The molecule has 19 heavy (non-hydrogen) atoms. The molecule has 1 unspecified atom stereocenters. The summed E-state index contributed by atoms with van der Waals surface area (Å²) in [6, 6.07) is 5.88. The molecule has 5 nitrogen and oxygen atoms in total. The Hall–Kier alpha value is -1.30. The van der Waals surface area contributed by atoms with Crippen LogP contribution in [-0.4, -0.2) is 49.6 Å². The van der Waals surface area contributed by atoms with Crippen LogP contribution in [0.2, 0.25) is 0 Å². The first-order valence-electron chi connectivity index (χ1n) is 6.43. The minimum Gasteiger partial charge on any atom is -0.454 e. The average Bonchev–Trinajstić information content (AvgIpc) is 2.74. The van der Waals surface area contributed by atoms with E-state index in [2.05, 4.69) is 5.32 Å². The fraction of sp³-hybridized carbons (Fsp3) is 0.571. The molecule has 2 rings (SSSR count). The van der Waals surface area contributed by atoms with Crippen LogP contribution in [0.3, 0.4) is 0 Å². The van der Waals surface area contributed by atoms with Crippen molar-refractivity contribution < 1.29 is 14.6 Å². The van der Waals surface area contributed by atoms with Crippen LogP contribution in [0.15, 0.2) is 18.2 Å². The van der Waals surface area contributed by atoms with E-state index in [1.165, 1.54) is 0 Å². The Morgan fingerprint density at radius 2 is 2.05 bits per heavy atom. The highest BCUT2D eigenvalue weighted by Gasteiger charge is 2.20. The topological polar surface area (TPSA) is 54.0 Å². The van der Waals surface area contributed by atoms with Gasteiger partial charge in [-0.2, -0.15) is 0 Å².